The molecule has 0 unspecified atom stereocenters. The number of carbonyl (C=O) groups is 2. The first-order valence-electron chi connectivity index (χ1n) is 8.19. The van der Waals surface area contributed by atoms with E-state index in [4.69, 9.17) is 9.47 Å². The van der Waals surface area contributed by atoms with Crippen molar-refractivity contribution in [1.29, 1.82) is 0 Å². The van der Waals surface area contributed by atoms with Crippen LogP contribution in [0, 0.1) is 0 Å². The Morgan fingerprint density at radius 2 is 1.81 bits per heavy atom. The summed E-state index contributed by atoms with van der Waals surface area (Å²) in [7, 11) is 1.54. The molecule has 6 nitrogen and oxygen atoms in total. The van der Waals surface area contributed by atoms with E-state index in [2.05, 4.69) is 5.43 Å². The lowest BCUT2D eigenvalue weighted by atomic mass is 10.0. The molecule has 1 N–H and O–H groups in total. The van der Waals surface area contributed by atoms with E-state index in [-0.39, 0.29) is 11.9 Å². The predicted molar refractivity (Wildman–Crippen MR) is 97.1 cm³/mol. The smallest absolute Gasteiger partial charge is 0.308 e. The molecule has 1 aliphatic rings. The van der Waals surface area contributed by atoms with Crippen LogP contribution in [0.25, 0.3) is 5.70 Å². The number of nitrogens with zero attached hydrogens (tertiary/aromatic N) is 1. The van der Waals surface area contributed by atoms with Gasteiger partial charge in [0, 0.05) is 25.5 Å². The molecule has 134 valence electrons. The van der Waals surface area contributed by atoms with Gasteiger partial charge < -0.3 is 9.47 Å². The predicted octanol–water partition coefficient (Wildman–Crippen LogP) is 3.07. The first-order chi connectivity index (χ1) is 12.5. The van der Waals surface area contributed by atoms with Gasteiger partial charge in [0.25, 0.3) is 0 Å². The molecular formula is C20H20N2O4. The highest BCUT2D eigenvalue weighted by Gasteiger charge is 2.30. The van der Waals surface area contributed by atoms with E-state index < -0.39 is 5.97 Å². The van der Waals surface area contributed by atoms with Gasteiger partial charge in [-0.2, -0.15) is 0 Å². The minimum absolute atomic E-state index is 0.118. The molecule has 0 bridgehead atoms. The fraction of sp³-hybridized carbons (Fsp3) is 0.200. The summed E-state index contributed by atoms with van der Waals surface area (Å²) in [5.41, 5.74) is 5.46. The van der Waals surface area contributed by atoms with Crippen molar-refractivity contribution in [3.63, 3.8) is 0 Å². The van der Waals surface area contributed by atoms with Crippen LogP contribution in [0.2, 0.25) is 0 Å². The normalized spacial score (nSPS) is 15.9. The largest absolute Gasteiger partial charge is 0.497 e. The van der Waals surface area contributed by atoms with Crippen LogP contribution in [0.1, 0.15) is 31.0 Å². The van der Waals surface area contributed by atoms with Crippen molar-refractivity contribution in [2.75, 3.05) is 7.11 Å². The van der Waals surface area contributed by atoms with Crippen LogP contribution in [-0.4, -0.2) is 24.0 Å². The SMILES string of the molecule is COc1ccc(C2=C[C@H](c3ccccc3)N(C(C)=O)N2)c(OC(C)=O)c1. The fourth-order valence-corrected chi connectivity index (χ4v) is 2.88. The van der Waals surface area contributed by atoms with Crippen molar-refractivity contribution < 1.29 is 19.1 Å². The Hall–Kier alpha value is -3.28. The molecule has 0 saturated carbocycles. The summed E-state index contributed by atoms with van der Waals surface area (Å²) in [6.45, 7) is 2.84. The molecule has 1 amide bonds. The second-order valence-corrected chi connectivity index (χ2v) is 5.89. The number of hydrogen-bond acceptors (Lipinski definition) is 5. The van der Waals surface area contributed by atoms with Crippen molar-refractivity contribution in [3.8, 4) is 11.5 Å². The standard InChI is InChI=1S/C20H20N2O4/c1-13(23)22-19(15-7-5-4-6-8-15)12-18(21-22)17-10-9-16(25-3)11-20(17)26-14(2)24/h4-12,19,21H,1-3H3/t19-/m1/s1. The molecule has 0 saturated heterocycles. The summed E-state index contributed by atoms with van der Waals surface area (Å²) in [6, 6.07) is 14.7. The Balaban J connectivity index is 2.03. The van der Waals surface area contributed by atoms with Crippen molar-refractivity contribution in [2.24, 2.45) is 0 Å². The fourth-order valence-electron chi connectivity index (χ4n) is 2.88. The molecule has 3 rings (SSSR count). The zero-order valence-electron chi connectivity index (χ0n) is 14.9. The molecule has 0 spiro atoms. The molecule has 0 aliphatic carbocycles. The van der Waals surface area contributed by atoms with Crippen LogP contribution in [0.3, 0.4) is 0 Å². The van der Waals surface area contributed by atoms with Crippen LogP contribution in [-0.2, 0) is 9.59 Å². The molecule has 0 radical (unpaired) electrons. The second kappa shape index (κ2) is 7.31. The van der Waals surface area contributed by atoms with Gasteiger partial charge in [-0.25, -0.2) is 5.01 Å². The van der Waals surface area contributed by atoms with Crippen LogP contribution in [0.5, 0.6) is 11.5 Å². The Labute approximate surface area is 152 Å². The highest BCUT2D eigenvalue weighted by Crippen LogP contribution is 2.36. The summed E-state index contributed by atoms with van der Waals surface area (Å²) < 4.78 is 10.5. The molecule has 0 aromatic heterocycles. The molecule has 26 heavy (non-hydrogen) atoms. The lowest BCUT2D eigenvalue weighted by molar-refractivity contribution is -0.133. The molecule has 2 aromatic carbocycles. The number of esters is 1. The molecular weight excluding hydrogens is 332 g/mol. The van der Waals surface area contributed by atoms with E-state index in [9.17, 15) is 9.59 Å². The van der Waals surface area contributed by atoms with Gasteiger partial charge in [-0.05, 0) is 23.8 Å². The molecule has 1 aliphatic heterocycles. The molecule has 0 fully saturated rings. The third-order valence-corrected chi connectivity index (χ3v) is 4.06. The zero-order valence-corrected chi connectivity index (χ0v) is 14.9. The van der Waals surface area contributed by atoms with Gasteiger partial charge in [0.05, 0.1) is 18.8 Å². The third-order valence-electron chi connectivity index (χ3n) is 4.06. The highest BCUT2D eigenvalue weighted by atomic mass is 16.5. The molecule has 2 aromatic rings. The van der Waals surface area contributed by atoms with Gasteiger partial charge in [-0.1, -0.05) is 30.3 Å². The van der Waals surface area contributed by atoms with E-state index >= 15 is 0 Å². The van der Waals surface area contributed by atoms with E-state index in [1.54, 1.807) is 30.3 Å². The average Bonchev–Trinajstić information content (AvgIpc) is 3.07. The van der Waals surface area contributed by atoms with Gasteiger partial charge in [-0.3, -0.25) is 15.0 Å². The van der Waals surface area contributed by atoms with E-state index in [0.717, 1.165) is 5.56 Å². The van der Waals surface area contributed by atoms with Crippen LogP contribution in [0.15, 0.2) is 54.6 Å². The monoisotopic (exact) mass is 352 g/mol. The number of benzene rings is 2. The maximum atomic E-state index is 12.1. The number of nitrogens with one attached hydrogen (secondary N) is 1. The number of hydrogen-bond donors (Lipinski definition) is 1. The number of ether oxygens (including phenoxy) is 2. The third kappa shape index (κ3) is 3.54. The van der Waals surface area contributed by atoms with E-state index in [0.29, 0.717) is 22.8 Å². The average molecular weight is 352 g/mol. The summed E-state index contributed by atoms with van der Waals surface area (Å²) in [4.78, 5) is 23.6. The van der Waals surface area contributed by atoms with Crippen molar-refractivity contribution in [3.05, 3.63) is 65.7 Å². The van der Waals surface area contributed by atoms with Gasteiger partial charge in [0.2, 0.25) is 5.91 Å². The number of methoxy groups -OCH3 is 1. The van der Waals surface area contributed by atoms with Crippen molar-refractivity contribution >= 4 is 17.6 Å². The maximum Gasteiger partial charge on any atom is 0.308 e. The molecule has 1 atom stereocenters. The number of carbonyl (C=O) groups excluding carboxylic acids is 2. The van der Waals surface area contributed by atoms with Crippen LogP contribution >= 0.6 is 0 Å². The quantitative estimate of drug-likeness (QED) is 0.677. The Bertz CT molecular complexity index is 861. The van der Waals surface area contributed by atoms with Crippen LogP contribution < -0.4 is 14.9 Å². The Morgan fingerprint density at radius 1 is 1.08 bits per heavy atom. The van der Waals surface area contributed by atoms with Crippen molar-refractivity contribution in [2.45, 2.75) is 19.9 Å². The summed E-state index contributed by atoms with van der Waals surface area (Å²) >= 11 is 0. The minimum Gasteiger partial charge on any atom is -0.497 e. The zero-order chi connectivity index (χ0) is 18.7. The highest BCUT2D eigenvalue weighted by molar-refractivity contribution is 5.81. The van der Waals surface area contributed by atoms with E-state index in [1.807, 2.05) is 36.4 Å². The van der Waals surface area contributed by atoms with Crippen molar-refractivity contribution in [1.82, 2.24) is 10.4 Å². The Kier molecular flexibility index (Phi) is 4.93. The van der Waals surface area contributed by atoms with Gasteiger partial charge in [0.1, 0.15) is 11.5 Å². The second-order valence-electron chi connectivity index (χ2n) is 5.89. The number of hydrazine groups is 1. The number of amides is 1. The first-order valence-corrected chi connectivity index (χ1v) is 8.19. The van der Waals surface area contributed by atoms with Gasteiger partial charge >= 0.3 is 5.97 Å². The molecule has 6 heteroatoms. The van der Waals surface area contributed by atoms with Gasteiger partial charge in [-0.15, -0.1) is 0 Å². The summed E-state index contributed by atoms with van der Waals surface area (Å²) in [5.74, 6) is 0.397. The molecule has 1 heterocycles. The van der Waals surface area contributed by atoms with Gasteiger partial charge in [0.15, 0.2) is 0 Å². The lowest BCUT2D eigenvalue weighted by Gasteiger charge is -2.24. The Morgan fingerprint density at radius 3 is 2.42 bits per heavy atom. The lowest BCUT2D eigenvalue weighted by Crippen LogP contribution is -2.37. The van der Waals surface area contributed by atoms with E-state index in [1.165, 1.54) is 13.8 Å². The van der Waals surface area contributed by atoms with Crippen LogP contribution in [0.4, 0.5) is 0 Å². The maximum absolute atomic E-state index is 12.1. The number of rotatable bonds is 4. The summed E-state index contributed by atoms with van der Waals surface area (Å²) in [6.07, 6.45) is 1.94. The summed E-state index contributed by atoms with van der Waals surface area (Å²) in [5, 5.41) is 1.55. The first kappa shape index (κ1) is 17.5. The topological polar surface area (TPSA) is 67.9 Å². The minimum atomic E-state index is -0.430.